The molecule has 1 aromatic rings. The number of piperidine rings is 2. The Labute approximate surface area is 173 Å². The molecule has 1 N–H and O–H groups in total. The van der Waals surface area contributed by atoms with E-state index in [2.05, 4.69) is 15.2 Å². The maximum atomic E-state index is 12.7. The molecule has 3 amide bonds. The first-order valence-corrected chi connectivity index (χ1v) is 11.2. The van der Waals surface area contributed by atoms with Crippen LogP contribution in [0.2, 0.25) is 0 Å². The SMILES string of the molecule is O=C(NCc1cccnc1)[C@H]1CCCN(C2CCN(C(=O)N3CCCC3)CC2)C1. The van der Waals surface area contributed by atoms with Crippen molar-refractivity contribution >= 4 is 11.9 Å². The van der Waals surface area contributed by atoms with E-state index in [9.17, 15) is 9.59 Å². The molecule has 3 saturated heterocycles. The van der Waals surface area contributed by atoms with Crippen molar-refractivity contribution in [3.63, 3.8) is 0 Å². The molecular weight excluding hydrogens is 366 g/mol. The number of nitrogens with zero attached hydrogens (tertiary/aromatic N) is 4. The minimum absolute atomic E-state index is 0.0599. The second-order valence-corrected chi connectivity index (χ2v) is 8.61. The minimum atomic E-state index is 0.0599. The Balaban J connectivity index is 1.23. The summed E-state index contributed by atoms with van der Waals surface area (Å²) in [5, 5.41) is 3.08. The first-order chi connectivity index (χ1) is 14.2. The first kappa shape index (κ1) is 20.1. The molecule has 0 spiro atoms. The molecule has 4 rings (SSSR count). The van der Waals surface area contributed by atoms with Crippen molar-refractivity contribution in [2.75, 3.05) is 39.3 Å². The van der Waals surface area contributed by atoms with Gasteiger partial charge in [0.15, 0.2) is 0 Å². The third-order valence-corrected chi connectivity index (χ3v) is 6.64. The number of rotatable bonds is 4. The van der Waals surface area contributed by atoms with Crippen LogP contribution in [0.5, 0.6) is 0 Å². The molecule has 29 heavy (non-hydrogen) atoms. The van der Waals surface area contributed by atoms with E-state index < -0.39 is 0 Å². The van der Waals surface area contributed by atoms with Gasteiger partial charge in [-0.3, -0.25) is 14.7 Å². The zero-order valence-electron chi connectivity index (χ0n) is 17.3. The Bertz CT molecular complexity index is 684. The Morgan fingerprint density at radius 1 is 1.00 bits per heavy atom. The molecule has 1 atom stereocenters. The summed E-state index contributed by atoms with van der Waals surface area (Å²) in [6.45, 7) is 5.96. The van der Waals surface area contributed by atoms with Gasteiger partial charge >= 0.3 is 6.03 Å². The zero-order chi connectivity index (χ0) is 20.1. The van der Waals surface area contributed by atoms with E-state index >= 15 is 0 Å². The predicted molar refractivity (Wildman–Crippen MR) is 111 cm³/mol. The summed E-state index contributed by atoms with van der Waals surface area (Å²) < 4.78 is 0. The van der Waals surface area contributed by atoms with Crippen LogP contribution in [0.4, 0.5) is 4.79 Å². The fraction of sp³-hybridized carbons (Fsp3) is 0.682. The van der Waals surface area contributed by atoms with Gasteiger partial charge in [0.25, 0.3) is 0 Å². The summed E-state index contributed by atoms with van der Waals surface area (Å²) in [7, 11) is 0. The van der Waals surface area contributed by atoms with Gasteiger partial charge in [-0.05, 0) is 56.7 Å². The number of carbonyl (C=O) groups excluding carboxylic acids is 2. The number of likely N-dealkylation sites (tertiary alicyclic amines) is 3. The highest BCUT2D eigenvalue weighted by Gasteiger charge is 2.33. The number of urea groups is 1. The van der Waals surface area contributed by atoms with E-state index in [1.54, 1.807) is 12.4 Å². The topological polar surface area (TPSA) is 68.8 Å². The van der Waals surface area contributed by atoms with Crippen LogP contribution in [0.15, 0.2) is 24.5 Å². The van der Waals surface area contributed by atoms with Crippen LogP contribution in [-0.4, -0.2) is 76.9 Å². The van der Waals surface area contributed by atoms with Crippen molar-refractivity contribution in [2.24, 2.45) is 5.92 Å². The van der Waals surface area contributed by atoms with Crippen LogP contribution in [0.25, 0.3) is 0 Å². The molecule has 158 valence electrons. The maximum absolute atomic E-state index is 12.7. The summed E-state index contributed by atoms with van der Waals surface area (Å²) in [6.07, 6.45) is 9.88. The third-order valence-electron chi connectivity index (χ3n) is 6.64. The summed E-state index contributed by atoms with van der Waals surface area (Å²) >= 11 is 0. The average molecular weight is 400 g/mol. The quantitative estimate of drug-likeness (QED) is 0.842. The van der Waals surface area contributed by atoms with Gasteiger partial charge in [-0.2, -0.15) is 0 Å². The fourth-order valence-corrected chi connectivity index (χ4v) is 4.92. The van der Waals surface area contributed by atoms with Crippen LogP contribution >= 0.6 is 0 Å². The summed E-state index contributed by atoms with van der Waals surface area (Å²) in [5.74, 6) is 0.213. The smallest absolute Gasteiger partial charge is 0.319 e. The monoisotopic (exact) mass is 399 g/mol. The molecule has 0 aliphatic carbocycles. The first-order valence-electron chi connectivity index (χ1n) is 11.2. The van der Waals surface area contributed by atoms with Crippen molar-refractivity contribution in [3.8, 4) is 0 Å². The Morgan fingerprint density at radius 3 is 2.48 bits per heavy atom. The van der Waals surface area contributed by atoms with Crippen LogP contribution in [0.1, 0.15) is 44.1 Å². The number of nitrogens with one attached hydrogen (secondary N) is 1. The number of hydrogen-bond donors (Lipinski definition) is 1. The van der Waals surface area contributed by atoms with Gasteiger partial charge in [0.1, 0.15) is 0 Å². The largest absolute Gasteiger partial charge is 0.352 e. The van der Waals surface area contributed by atoms with Crippen molar-refractivity contribution in [1.82, 2.24) is 25.0 Å². The molecule has 4 heterocycles. The lowest BCUT2D eigenvalue weighted by atomic mass is 9.93. The van der Waals surface area contributed by atoms with Crippen LogP contribution in [-0.2, 0) is 11.3 Å². The molecule has 3 aliphatic rings. The second-order valence-electron chi connectivity index (χ2n) is 8.61. The fourth-order valence-electron chi connectivity index (χ4n) is 4.92. The zero-order valence-corrected chi connectivity index (χ0v) is 17.3. The molecular formula is C22H33N5O2. The summed E-state index contributed by atoms with van der Waals surface area (Å²) in [4.78, 5) is 35.9. The molecule has 1 aromatic heterocycles. The number of hydrogen-bond acceptors (Lipinski definition) is 4. The third kappa shape index (κ3) is 5.07. The molecule has 0 aromatic carbocycles. The summed E-state index contributed by atoms with van der Waals surface area (Å²) in [5.41, 5.74) is 1.03. The molecule has 3 aliphatic heterocycles. The lowest BCUT2D eigenvalue weighted by Gasteiger charge is -2.42. The Morgan fingerprint density at radius 2 is 1.76 bits per heavy atom. The lowest BCUT2D eigenvalue weighted by Crippen LogP contribution is -2.53. The highest BCUT2D eigenvalue weighted by molar-refractivity contribution is 5.79. The van der Waals surface area contributed by atoms with E-state index in [1.165, 1.54) is 0 Å². The molecule has 0 radical (unpaired) electrons. The van der Waals surface area contributed by atoms with Gasteiger partial charge in [-0.25, -0.2) is 4.79 Å². The standard InChI is InChI=1S/C22H33N5O2/c28-21(24-16-18-5-3-9-23-15-18)19-6-4-12-27(17-19)20-7-13-26(14-8-20)22(29)25-10-1-2-11-25/h3,5,9,15,19-20H,1-2,4,6-8,10-14,16-17H2,(H,24,28)/t19-/m0/s1. The normalized spacial score (nSPS) is 23.9. The van der Waals surface area contributed by atoms with Crippen LogP contribution in [0, 0.1) is 5.92 Å². The number of pyridine rings is 1. The van der Waals surface area contributed by atoms with E-state index in [-0.39, 0.29) is 17.9 Å². The predicted octanol–water partition coefficient (Wildman–Crippen LogP) is 2.09. The van der Waals surface area contributed by atoms with Gasteiger partial charge in [0, 0.05) is 57.7 Å². The maximum Gasteiger partial charge on any atom is 0.319 e. The van der Waals surface area contributed by atoms with Crippen molar-refractivity contribution < 1.29 is 9.59 Å². The highest BCUT2D eigenvalue weighted by atomic mass is 16.2. The molecule has 7 heteroatoms. The van der Waals surface area contributed by atoms with Crippen molar-refractivity contribution in [2.45, 2.75) is 51.1 Å². The Kier molecular flexibility index (Phi) is 6.64. The number of carbonyl (C=O) groups is 2. The molecule has 0 saturated carbocycles. The summed E-state index contributed by atoms with van der Waals surface area (Å²) in [6, 6.07) is 4.60. The van der Waals surface area contributed by atoms with Gasteiger partial charge in [-0.1, -0.05) is 6.07 Å². The second kappa shape index (κ2) is 9.57. The van der Waals surface area contributed by atoms with Crippen LogP contribution in [0.3, 0.4) is 0 Å². The molecule has 3 fully saturated rings. The van der Waals surface area contributed by atoms with Crippen molar-refractivity contribution in [3.05, 3.63) is 30.1 Å². The highest BCUT2D eigenvalue weighted by Crippen LogP contribution is 2.25. The van der Waals surface area contributed by atoms with Gasteiger partial charge in [-0.15, -0.1) is 0 Å². The van der Waals surface area contributed by atoms with E-state index in [4.69, 9.17) is 0 Å². The number of aromatic nitrogens is 1. The van der Waals surface area contributed by atoms with Gasteiger partial charge in [0.05, 0.1) is 5.92 Å². The Hall–Kier alpha value is -2.15. The lowest BCUT2D eigenvalue weighted by molar-refractivity contribution is -0.127. The van der Waals surface area contributed by atoms with E-state index in [0.29, 0.717) is 12.6 Å². The van der Waals surface area contributed by atoms with E-state index in [0.717, 1.165) is 83.4 Å². The molecule has 0 unspecified atom stereocenters. The van der Waals surface area contributed by atoms with Crippen LogP contribution < -0.4 is 5.32 Å². The van der Waals surface area contributed by atoms with Gasteiger partial charge in [0.2, 0.25) is 5.91 Å². The van der Waals surface area contributed by atoms with Gasteiger partial charge < -0.3 is 15.1 Å². The number of amides is 3. The average Bonchev–Trinajstić information content (AvgIpc) is 3.33. The molecule has 7 nitrogen and oxygen atoms in total. The minimum Gasteiger partial charge on any atom is -0.352 e. The van der Waals surface area contributed by atoms with Crippen molar-refractivity contribution in [1.29, 1.82) is 0 Å². The molecule has 0 bridgehead atoms. The van der Waals surface area contributed by atoms with E-state index in [1.807, 2.05) is 21.9 Å².